The van der Waals surface area contributed by atoms with Crippen molar-refractivity contribution >= 4 is 35.2 Å². The maximum Gasteiger partial charge on any atom is 0.223 e. The third-order valence-electron chi connectivity index (χ3n) is 3.64. The first-order valence-corrected chi connectivity index (χ1v) is 7.63. The second-order valence-electron chi connectivity index (χ2n) is 5.32. The van der Waals surface area contributed by atoms with Gasteiger partial charge in [0.15, 0.2) is 5.78 Å². The summed E-state index contributed by atoms with van der Waals surface area (Å²) in [6.07, 6.45) is 2.57. The molecule has 1 amide bonds. The minimum atomic E-state index is -0.508. The molecular weight excluding hydrogens is 284 g/mol. The number of nitrogens with one attached hydrogen (secondary N) is 2. The van der Waals surface area contributed by atoms with Crippen molar-refractivity contribution in [2.75, 3.05) is 5.75 Å². The van der Waals surface area contributed by atoms with E-state index in [1.165, 1.54) is 6.92 Å². The number of thiol groups is 1. The van der Waals surface area contributed by atoms with Gasteiger partial charge in [0.2, 0.25) is 5.91 Å². The molecule has 112 valence electrons. The molecule has 0 bridgehead atoms. The number of para-hydroxylation sites is 1. The molecule has 2 rings (SSSR count). The van der Waals surface area contributed by atoms with E-state index in [4.69, 9.17) is 0 Å². The fourth-order valence-corrected chi connectivity index (χ4v) is 2.66. The number of fused-ring (bicyclic) bond motifs is 1. The number of aromatic nitrogens is 1. The minimum absolute atomic E-state index is 0.0716. The molecule has 0 aliphatic heterocycles. The van der Waals surface area contributed by atoms with Crippen molar-refractivity contribution < 1.29 is 9.59 Å². The Hall–Kier alpha value is -1.75. The van der Waals surface area contributed by atoms with Gasteiger partial charge >= 0.3 is 0 Å². The molecule has 1 aromatic carbocycles. The lowest BCUT2D eigenvalue weighted by atomic mass is 9.99. The normalized spacial score (nSPS) is 13.9. The number of aromatic amines is 1. The minimum Gasteiger partial charge on any atom is -0.361 e. The van der Waals surface area contributed by atoms with Gasteiger partial charge in [0, 0.05) is 28.8 Å². The third kappa shape index (κ3) is 3.67. The van der Waals surface area contributed by atoms with Crippen molar-refractivity contribution in [1.82, 2.24) is 10.3 Å². The standard InChI is InChI=1S/C16H20N2O2S/c1-10(16(20)18-15(9-21)11(2)19)7-12-8-17-14-6-4-3-5-13(12)14/h3-6,8,10,15,17,21H,7,9H2,1-2H3,(H,18,20)/t10-,15-/m0/s1. The summed E-state index contributed by atoms with van der Waals surface area (Å²) in [4.78, 5) is 26.7. The molecular formula is C16H20N2O2S. The van der Waals surface area contributed by atoms with Crippen LogP contribution >= 0.6 is 12.6 Å². The fraction of sp³-hybridized carbons (Fsp3) is 0.375. The summed E-state index contributed by atoms with van der Waals surface area (Å²) < 4.78 is 0. The molecule has 0 unspecified atom stereocenters. The molecule has 2 atom stereocenters. The van der Waals surface area contributed by atoms with E-state index < -0.39 is 6.04 Å². The van der Waals surface area contributed by atoms with Crippen LogP contribution in [0.15, 0.2) is 30.5 Å². The van der Waals surface area contributed by atoms with E-state index in [2.05, 4.69) is 22.9 Å². The summed E-state index contributed by atoms with van der Waals surface area (Å²) in [5.41, 5.74) is 2.18. The van der Waals surface area contributed by atoms with Crippen LogP contribution in [0, 0.1) is 5.92 Å². The Labute approximate surface area is 129 Å². The molecule has 1 aromatic heterocycles. The predicted molar refractivity (Wildman–Crippen MR) is 87.6 cm³/mol. The summed E-state index contributed by atoms with van der Waals surface area (Å²) in [5.74, 6) is -0.0703. The lowest BCUT2D eigenvalue weighted by Crippen LogP contribution is -2.43. The highest BCUT2D eigenvalue weighted by Gasteiger charge is 2.20. The average molecular weight is 304 g/mol. The molecule has 0 saturated heterocycles. The molecule has 2 N–H and O–H groups in total. The highest BCUT2D eigenvalue weighted by molar-refractivity contribution is 7.80. The van der Waals surface area contributed by atoms with Gasteiger partial charge in [0.05, 0.1) is 6.04 Å². The average Bonchev–Trinajstić information content (AvgIpc) is 2.87. The zero-order valence-corrected chi connectivity index (χ0v) is 13.1. The van der Waals surface area contributed by atoms with Crippen LogP contribution in [0.5, 0.6) is 0 Å². The number of hydrogen-bond acceptors (Lipinski definition) is 3. The number of hydrogen-bond donors (Lipinski definition) is 3. The molecule has 0 spiro atoms. The van der Waals surface area contributed by atoms with Crippen LogP contribution in [0.1, 0.15) is 19.4 Å². The molecule has 5 heteroatoms. The fourth-order valence-electron chi connectivity index (χ4n) is 2.31. The maximum atomic E-state index is 12.2. The van der Waals surface area contributed by atoms with Crippen molar-refractivity contribution in [2.45, 2.75) is 26.3 Å². The number of carbonyl (C=O) groups excluding carboxylic acids is 2. The van der Waals surface area contributed by atoms with Crippen LogP contribution in [0.2, 0.25) is 0 Å². The molecule has 2 aromatic rings. The Morgan fingerprint density at radius 2 is 2.05 bits per heavy atom. The van der Waals surface area contributed by atoms with Crippen LogP contribution in [0.4, 0.5) is 0 Å². The number of ketones is 1. The molecule has 1 heterocycles. The highest BCUT2D eigenvalue weighted by Crippen LogP contribution is 2.20. The van der Waals surface area contributed by atoms with Crippen LogP contribution < -0.4 is 5.32 Å². The Kier molecular flexibility index (Phi) is 5.07. The van der Waals surface area contributed by atoms with Crippen molar-refractivity contribution in [2.24, 2.45) is 5.92 Å². The van der Waals surface area contributed by atoms with E-state index in [0.717, 1.165) is 16.5 Å². The van der Waals surface area contributed by atoms with Gasteiger partial charge in [-0.1, -0.05) is 25.1 Å². The zero-order valence-electron chi connectivity index (χ0n) is 12.2. The van der Waals surface area contributed by atoms with Gasteiger partial charge in [-0.2, -0.15) is 12.6 Å². The smallest absolute Gasteiger partial charge is 0.223 e. The molecule has 4 nitrogen and oxygen atoms in total. The SMILES string of the molecule is CC(=O)[C@H](CS)NC(=O)[C@@H](C)Cc1c[nH]c2ccccc12. The van der Waals surface area contributed by atoms with Gasteiger partial charge in [-0.3, -0.25) is 9.59 Å². The van der Waals surface area contributed by atoms with Gasteiger partial charge in [-0.05, 0) is 25.0 Å². The lowest BCUT2D eigenvalue weighted by molar-refractivity contribution is -0.128. The second-order valence-corrected chi connectivity index (χ2v) is 5.68. The van der Waals surface area contributed by atoms with E-state index >= 15 is 0 Å². The van der Waals surface area contributed by atoms with Crippen LogP contribution in [-0.4, -0.2) is 28.5 Å². The zero-order chi connectivity index (χ0) is 15.4. The quantitative estimate of drug-likeness (QED) is 0.717. The Bertz CT molecular complexity index is 651. The van der Waals surface area contributed by atoms with E-state index in [9.17, 15) is 9.59 Å². The Morgan fingerprint density at radius 1 is 1.33 bits per heavy atom. The van der Waals surface area contributed by atoms with Crippen LogP contribution in [0.25, 0.3) is 10.9 Å². The number of benzene rings is 1. The second kappa shape index (κ2) is 6.80. The third-order valence-corrected chi connectivity index (χ3v) is 4.00. The summed E-state index contributed by atoms with van der Waals surface area (Å²) >= 11 is 4.09. The topological polar surface area (TPSA) is 62.0 Å². The van der Waals surface area contributed by atoms with E-state index in [1.807, 2.05) is 37.4 Å². The maximum absolute atomic E-state index is 12.2. The van der Waals surface area contributed by atoms with Gasteiger partial charge < -0.3 is 10.3 Å². The van der Waals surface area contributed by atoms with Crippen LogP contribution in [-0.2, 0) is 16.0 Å². The molecule has 0 saturated carbocycles. The highest BCUT2D eigenvalue weighted by atomic mass is 32.1. The Balaban J connectivity index is 2.05. The van der Waals surface area contributed by atoms with Gasteiger partial charge in [0.1, 0.15) is 0 Å². The molecule has 21 heavy (non-hydrogen) atoms. The van der Waals surface area contributed by atoms with Crippen LogP contribution in [0.3, 0.4) is 0 Å². The van der Waals surface area contributed by atoms with E-state index in [0.29, 0.717) is 12.2 Å². The molecule has 0 aliphatic carbocycles. The van der Waals surface area contributed by atoms with E-state index in [1.54, 1.807) is 0 Å². The first kappa shape index (κ1) is 15.6. The molecule has 0 fully saturated rings. The van der Waals surface area contributed by atoms with Crippen molar-refractivity contribution in [1.29, 1.82) is 0 Å². The first-order valence-electron chi connectivity index (χ1n) is 6.99. The Morgan fingerprint density at radius 3 is 2.71 bits per heavy atom. The van der Waals surface area contributed by atoms with Gasteiger partial charge in [-0.25, -0.2) is 0 Å². The predicted octanol–water partition coefficient (Wildman–Crippen LogP) is 2.35. The van der Waals surface area contributed by atoms with Crippen molar-refractivity contribution in [3.63, 3.8) is 0 Å². The molecule has 0 aliphatic rings. The summed E-state index contributed by atoms with van der Waals surface area (Å²) in [6.45, 7) is 3.33. The van der Waals surface area contributed by atoms with Gasteiger partial charge in [0.25, 0.3) is 0 Å². The van der Waals surface area contributed by atoms with Crippen molar-refractivity contribution in [3.8, 4) is 0 Å². The van der Waals surface area contributed by atoms with Crippen molar-refractivity contribution in [3.05, 3.63) is 36.0 Å². The summed E-state index contributed by atoms with van der Waals surface area (Å²) in [5, 5.41) is 3.89. The number of Topliss-reactive ketones (excluding diaryl/α,β-unsaturated/α-hetero) is 1. The van der Waals surface area contributed by atoms with E-state index in [-0.39, 0.29) is 17.6 Å². The number of carbonyl (C=O) groups is 2. The lowest BCUT2D eigenvalue weighted by Gasteiger charge is -2.17. The number of rotatable bonds is 6. The summed E-state index contributed by atoms with van der Waals surface area (Å²) in [7, 11) is 0. The monoisotopic (exact) mass is 304 g/mol. The van der Waals surface area contributed by atoms with Gasteiger partial charge in [-0.15, -0.1) is 0 Å². The summed E-state index contributed by atoms with van der Waals surface area (Å²) in [6, 6.07) is 7.50. The number of H-pyrrole nitrogens is 1. The largest absolute Gasteiger partial charge is 0.361 e. The number of amides is 1. The first-order chi connectivity index (χ1) is 10.0. The molecule has 0 radical (unpaired) electrons.